The third-order valence-electron chi connectivity index (χ3n) is 2.86. The molecular weight excluding hydrogens is 342 g/mol. The highest BCUT2D eigenvalue weighted by Gasteiger charge is 2.19. The van der Waals surface area contributed by atoms with Crippen LogP contribution in [-0.4, -0.2) is 32.1 Å². The highest BCUT2D eigenvalue weighted by molar-refractivity contribution is 9.10. The number of aromatic nitrogens is 3. The summed E-state index contributed by atoms with van der Waals surface area (Å²) in [7, 11) is 1.81. The van der Waals surface area contributed by atoms with E-state index in [1.807, 2.05) is 7.05 Å². The summed E-state index contributed by atoms with van der Waals surface area (Å²) in [5, 5.41) is 21.2. The van der Waals surface area contributed by atoms with Crippen LogP contribution in [0, 0.1) is 10.1 Å². The lowest BCUT2D eigenvalue weighted by Gasteiger charge is -2.07. The molecule has 0 fully saturated rings. The molecule has 0 aliphatic rings. The molecule has 0 bridgehead atoms. The van der Waals surface area contributed by atoms with Crippen molar-refractivity contribution in [1.29, 1.82) is 0 Å². The first kappa shape index (κ1) is 15.1. The summed E-state index contributed by atoms with van der Waals surface area (Å²) in [4.78, 5) is 22.3. The molecule has 110 valence electrons. The molecule has 0 spiro atoms. The fraction of sp³-hybridized carbons (Fsp3) is 0.250. The number of hydrogen-bond donors (Lipinski definition) is 1. The van der Waals surface area contributed by atoms with Crippen LogP contribution in [0.1, 0.15) is 16.2 Å². The van der Waals surface area contributed by atoms with Gasteiger partial charge in [0.05, 0.1) is 10.5 Å². The smallest absolute Gasteiger partial charge is 0.284 e. The molecule has 0 atom stereocenters. The number of rotatable bonds is 5. The van der Waals surface area contributed by atoms with Gasteiger partial charge < -0.3 is 9.88 Å². The van der Waals surface area contributed by atoms with Gasteiger partial charge in [-0.25, -0.2) is 0 Å². The lowest BCUT2D eigenvalue weighted by atomic mass is 10.2. The van der Waals surface area contributed by atoms with Crippen molar-refractivity contribution in [3.63, 3.8) is 0 Å². The zero-order valence-corrected chi connectivity index (χ0v) is 12.7. The monoisotopic (exact) mass is 353 g/mol. The minimum absolute atomic E-state index is 0.143. The van der Waals surface area contributed by atoms with E-state index in [4.69, 9.17) is 0 Å². The van der Waals surface area contributed by atoms with Crippen molar-refractivity contribution in [1.82, 2.24) is 20.1 Å². The van der Waals surface area contributed by atoms with E-state index in [0.717, 1.165) is 5.82 Å². The molecule has 0 radical (unpaired) electrons. The Balaban J connectivity index is 2.02. The minimum Gasteiger partial charge on any atom is -0.352 e. The Morgan fingerprint density at radius 1 is 1.52 bits per heavy atom. The predicted molar refractivity (Wildman–Crippen MR) is 77.8 cm³/mol. The molecule has 0 unspecified atom stereocenters. The largest absolute Gasteiger partial charge is 0.352 e. The van der Waals surface area contributed by atoms with Crippen molar-refractivity contribution in [2.75, 3.05) is 6.54 Å². The van der Waals surface area contributed by atoms with Crippen molar-refractivity contribution < 1.29 is 9.72 Å². The first-order valence-corrected chi connectivity index (χ1v) is 6.84. The van der Waals surface area contributed by atoms with Gasteiger partial charge >= 0.3 is 0 Å². The molecule has 8 nitrogen and oxygen atoms in total. The van der Waals surface area contributed by atoms with Gasteiger partial charge in [0.1, 0.15) is 16.6 Å². The van der Waals surface area contributed by atoms with Crippen molar-refractivity contribution in [2.24, 2.45) is 7.05 Å². The predicted octanol–water partition coefficient (Wildman–Crippen LogP) is 1.46. The zero-order valence-electron chi connectivity index (χ0n) is 11.1. The molecule has 1 heterocycles. The normalized spacial score (nSPS) is 10.4. The number of nitrogens with one attached hydrogen (secondary N) is 1. The molecule has 1 N–H and O–H groups in total. The molecule has 1 aromatic carbocycles. The molecule has 2 aromatic rings. The van der Waals surface area contributed by atoms with Crippen LogP contribution in [0.5, 0.6) is 0 Å². The van der Waals surface area contributed by atoms with Gasteiger partial charge in [0, 0.05) is 26.1 Å². The van der Waals surface area contributed by atoms with Crippen LogP contribution in [-0.2, 0) is 13.5 Å². The number of nitrogens with zero attached hydrogens (tertiary/aromatic N) is 4. The summed E-state index contributed by atoms with van der Waals surface area (Å²) < 4.78 is 1.93. The van der Waals surface area contributed by atoms with Crippen LogP contribution in [0.2, 0.25) is 0 Å². The van der Waals surface area contributed by atoms with Gasteiger partial charge in [-0.1, -0.05) is 6.07 Å². The first-order chi connectivity index (χ1) is 10.0. The quantitative estimate of drug-likeness (QED) is 0.647. The summed E-state index contributed by atoms with van der Waals surface area (Å²) in [6.07, 6.45) is 2.10. The summed E-state index contributed by atoms with van der Waals surface area (Å²) in [6, 6.07) is 4.33. The lowest BCUT2D eigenvalue weighted by molar-refractivity contribution is -0.385. The molecule has 0 saturated heterocycles. The van der Waals surface area contributed by atoms with E-state index in [1.165, 1.54) is 18.2 Å². The third kappa shape index (κ3) is 3.43. The van der Waals surface area contributed by atoms with E-state index in [0.29, 0.717) is 13.0 Å². The van der Waals surface area contributed by atoms with Crippen LogP contribution in [0.25, 0.3) is 0 Å². The van der Waals surface area contributed by atoms with Crippen molar-refractivity contribution in [3.05, 3.63) is 50.5 Å². The van der Waals surface area contributed by atoms with Gasteiger partial charge in [0.25, 0.3) is 11.6 Å². The van der Waals surface area contributed by atoms with Crippen LogP contribution in [0.15, 0.2) is 29.0 Å². The number of hydrogen-bond acceptors (Lipinski definition) is 5. The fourth-order valence-corrected chi connectivity index (χ4v) is 2.34. The number of nitro groups is 1. The summed E-state index contributed by atoms with van der Waals surface area (Å²) >= 11 is 3.10. The number of carbonyl (C=O) groups is 1. The number of nitro benzene ring substituents is 1. The molecule has 0 aliphatic carbocycles. The average molecular weight is 354 g/mol. The second-order valence-corrected chi connectivity index (χ2v) is 5.05. The van der Waals surface area contributed by atoms with E-state index < -0.39 is 4.92 Å². The SMILES string of the molecule is Cn1cnnc1CCNC(=O)c1cccc([N+](=O)[O-])c1Br. The van der Waals surface area contributed by atoms with Crippen LogP contribution in [0.3, 0.4) is 0 Å². The van der Waals surface area contributed by atoms with Crippen LogP contribution in [0.4, 0.5) is 5.69 Å². The second kappa shape index (κ2) is 6.44. The van der Waals surface area contributed by atoms with Gasteiger partial charge in [-0.2, -0.15) is 0 Å². The summed E-state index contributed by atoms with van der Waals surface area (Å²) in [5.74, 6) is 0.362. The average Bonchev–Trinajstić information content (AvgIpc) is 2.84. The van der Waals surface area contributed by atoms with Crippen LogP contribution < -0.4 is 5.32 Å². The lowest BCUT2D eigenvalue weighted by Crippen LogP contribution is -2.26. The van der Waals surface area contributed by atoms with E-state index >= 15 is 0 Å². The molecule has 1 aromatic heterocycles. The topological polar surface area (TPSA) is 103 Å². The molecular formula is C12H12BrN5O3. The molecule has 21 heavy (non-hydrogen) atoms. The highest BCUT2D eigenvalue weighted by atomic mass is 79.9. The van der Waals surface area contributed by atoms with Crippen LogP contribution >= 0.6 is 15.9 Å². The van der Waals surface area contributed by atoms with E-state index in [9.17, 15) is 14.9 Å². The minimum atomic E-state index is -0.541. The molecule has 0 saturated carbocycles. The number of carbonyl (C=O) groups excluding carboxylic acids is 1. The van der Waals surface area contributed by atoms with Crippen molar-refractivity contribution >= 4 is 27.5 Å². The Morgan fingerprint density at radius 3 is 2.90 bits per heavy atom. The molecule has 0 aliphatic heterocycles. The number of amides is 1. The number of aryl methyl sites for hydroxylation is 1. The van der Waals surface area contributed by atoms with Gasteiger partial charge in [-0.05, 0) is 22.0 Å². The number of halogens is 1. The maximum Gasteiger partial charge on any atom is 0.284 e. The zero-order chi connectivity index (χ0) is 15.4. The highest BCUT2D eigenvalue weighted by Crippen LogP contribution is 2.28. The van der Waals surface area contributed by atoms with Gasteiger partial charge in [0.15, 0.2) is 0 Å². The molecule has 9 heteroatoms. The summed E-state index contributed by atoms with van der Waals surface area (Å²) in [5.41, 5.74) is 0.0816. The van der Waals surface area contributed by atoms with E-state index in [-0.39, 0.29) is 21.6 Å². The van der Waals surface area contributed by atoms with Gasteiger partial charge in [0.2, 0.25) is 0 Å². The fourth-order valence-electron chi connectivity index (χ4n) is 1.75. The molecule has 2 rings (SSSR count). The Hall–Kier alpha value is -2.29. The first-order valence-electron chi connectivity index (χ1n) is 6.04. The van der Waals surface area contributed by atoms with E-state index in [2.05, 4.69) is 31.4 Å². The second-order valence-electron chi connectivity index (χ2n) is 4.26. The van der Waals surface area contributed by atoms with E-state index in [1.54, 1.807) is 10.9 Å². The third-order valence-corrected chi connectivity index (χ3v) is 3.69. The Kier molecular flexibility index (Phi) is 4.63. The maximum absolute atomic E-state index is 12.0. The number of benzene rings is 1. The Bertz CT molecular complexity index is 685. The van der Waals surface area contributed by atoms with Gasteiger partial charge in [-0.3, -0.25) is 14.9 Å². The maximum atomic E-state index is 12.0. The van der Waals surface area contributed by atoms with Crippen molar-refractivity contribution in [2.45, 2.75) is 6.42 Å². The van der Waals surface area contributed by atoms with Crippen molar-refractivity contribution in [3.8, 4) is 0 Å². The molecule has 1 amide bonds. The Labute approximate surface area is 128 Å². The standard InChI is InChI=1S/C12H12BrN5O3/c1-17-7-15-16-10(17)5-6-14-12(19)8-3-2-4-9(11(8)13)18(20)21/h2-4,7H,5-6H2,1H3,(H,14,19). The summed E-state index contributed by atoms with van der Waals surface area (Å²) in [6.45, 7) is 0.362. The van der Waals surface area contributed by atoms with Gasteiger partial charge in [-0.15, -0.1) is 10.2 Å². The Morgan fingerprint density at radius 2 is 2.29 bits per heavy atom.